The van der Waals surface area contributed by atoms with Crippen LogP contribution in [0.25, 0.3) is 0 Å². The number of hydrogen-bond donors (Lipinski definition) is 1. The Kier molecular flexibility index (Phi) is 4.36. The molecular weight excluding hydrogens is 250 g/mol. The van der Waals surface area contributed by atoms with Gasteiger partial charge in [0.1, 0.15) is 5.75 Å². The van der Waals surface area contributed by atoms with E-state index in [-0.39, 0.29) is 17.1 Å². The van der Waals surface area contributed by atoms with E-state index < -0.39 is 0 Å². The van der Waals surface area contributed by atoms with Gasteiger partial charge < -0.3 is 10.0 Å². The van der Waals surface area contributed by atoms with Crippen LogP contribution in [0.4, 0.5) is 5.69 Å². The molecule has 3 nitrogen and oxygen atoms in total. The summed E-state index contributed by atoms with van der Waals surface area (Å²) in [6, 6.07) is 5.23. The summed E-state index contributed by atoms with van der Waals surface area (Å²) in [4.78, 5) is 14.8. The van der Waals surface area contributed by atoms with Gasteiger partial charge in [0.15, 0.2) is 0 Å². The molecule has 1 amide bonds. The topological polar surface area (TPSA) is 40.5 Å². The van der Waals surface area contributed by atoms with E-state index in [0.29, 0.717) is 6.54 Å². The second-order valence-electron chi connectivity index (χ2n) is 6.14. The highest BCUT2D eigenvalue weighted by Gasteiger charge is 2.37. The number of aromatic hydroxyl groups is 1. The van der Waals surface area contributed by atoms with Crippen LogP contribution in [0.15, 0.2) is 18.2 Å². The number of phenols is 1. The van der Waals surface area contributed by atoms with Crippen molar-refractivity contribution in [1.29, 1.82) is 0 Å². The van der Waals surface area contributed by atoms with Gasteiger partial charge in [-0.3, -0.25) is 4.79 Å². The summed E-state index contributed by atoms with van der Waals surface area (Å²) in [6.45, 7) is 6.70. The molecule has 1 N–H and O–H groups in total. The van der Waals surface area contributed by atoms with Crippen LogP contribution in [0, 0.1) is 12.3 Å². The van der Waals surface area contributed by atoms with E-state index in [4.69, 9.17) is 0 Å². The molecule has 1 aromatic rings. The van der Waals surface area contributed by atoms with Crippen molar-refractivity contribution in [3.05, 3.63) is 23.8 Å². The molecule has 0 aromatic heterocycles. The third-order valence-corrected chi connectivity index (χ3v) is 4.52. The first-order valence-electron chi connectivity index (χ1n) is 7.59. The Bertz CT molecular complexity index is 490. The number of aryl methyl sites for hydroxylation is 1. The van der Waals surface area contributed by atoms with Gasteiger partial charge in [-0.1, -0.05) is 32.3 Å². The third kappa shape index (κ3) is 2.82. The lowest BCUT2D eigenvalue weighted by Crippen LogP contribution is -2.43. The number of anilines is 1. The highest BCUT2D eigenvalue weighted by atomic mass is 16.3. The van der Waals surface area contributed by atoms with E-state index in [1.54, 1.807) is 12.1 Å². The summed E-state index contributed by atoms with van der Waals surface area (Å²) in [6.07, 6.45) is 5.46. The van der Waals surface area contributed by atoms with Crippen molar-refractivity contribution in [1.82, 2.24) is 0 Å². The number of carbonyl (C=O) groups is 1. The monoisotopic (exact) mass is 275 g/mol. The highest BCUT2D eigenvalue weighted by Crippen LogP contribution is 2.39. The average Bonchev–Trinajstić information content (AvgIpc) is 2.44. The maximum Gasteiger partial charge on any atom is 0.232 e. The molecule has 0 atom stereocenters. The van der Waals surface area contributed by atoms with Crippen molar-refractivity contribution >= 4 is 11.6 Å². The molecular formula is C17H25NO2. The van der Waals surface area contributed by atoms with Crippen LogP contribution < -0.4 is 4.90 Å². The molecule has 20 heavy (non-hydrogen) atoms. The number of benzene rings is 1. The summed E-state index contributed by atoms with van der Waals surface area (Å²) >= 11 is 0. The van der Waals surface area contributed by atoms with Crippen LogP contribution in [0.1, 0.15) is 51.5 Å². The van der Waals surface area contributed by atoms with Crippen molar-refractivity contribution in [3.63, 3.8) is 0 Å². The van der Waals surface area contributed by atoms with Gasteiger partial charge in [-0.15, -0.1) is 0 Å². The highest BCUT2D eigenvalue weighted by molar-refractivity contribution is 5.98. The molecule has 0 saturated heterocycles. The van der Waals surface area contributed by atoms with Gasteiger partial charge in [-0.05, 0) is 38.3 Å². The second kappa shape index (κ2) is 5.86. The van der Waals surface area contributed by atoms with E-state index in [0.717, 1.165) is 36.9 Å². The van der Waals surface area contributed by atoms with Crippen LogP contribution in [0.2, 0.25) is 0 Å². The Morgan fingerprint density at radius 1 is 1.30 bits per heavy atom. The Labute approximate surface area is 121 Å². The van der Waals surface area contributed by atoms with E-state index in [1.807, 2.05) is 24.8 Å². The molecule has 1 fully saturated rings. The molecule has 1 aliphatic rings. The summed E-state index contributed by atoms with van der Waals surface area (Å²) in [5.74, 6) is 0.416. The fourth-order valence-electron chi connectivity index (χ4n) is 3.18. The van der Waals surface area contributed by atoms with Crippen molar-refractivity contribution in [3.8, 4) is 5.75 Å². The second-order valence-corrected chi connectivity index (χ2v) is 6.14. The number of carbonyl (C=O) groups excluding carboxylic acids is 1. The normalized spacial score (nSPS) is 17.8. The molecule has 0 aliphatic heterocycles. The summed E-state index contributed by atoms with van der Waals surface area (Å²) in [7, 11) is 0. The van der Waals surface area contributed by atoms with E-state index in [1.165, 1.54) is 6.42 Å². The number of hydrogen-bond acceptors (Lipinski definition) is 2. The van der Waals surface area contributed by atoms with Crippen LogP contribution in [0.3, 0.4) is 0 Å². The lowest BCUT2D eigenvalue weighted by molar-refractivity contribution is -0.129. The molecule has 2 rings (SSSR count). The van der Waals surface area contributed by atoms with Crippen LogP contribution in [-0.2, 0) is 4.79 Å². The van der Waals surface area contributed by atoms with Crippen LogP contribution >= 0.6 is 0 Å². The van der Waals surface area contributed by atoms with Gasteiger partial charge in [0, 0.05) is 18.0 Å². The number of phenolic OH excluding ortho intramolecular Hbond substituents is 1. The molecule has 1 saturated carbocycles. The van der Waals surface area contributed by atoms with Gasteiger partial charge in [0.25, 0.3) is 0 Å². The Balaban J connectivity index is 2.31. The molecule has 1 aliphatic carbocycles. The zero-order valence-corrected chi connectivity index (χ0v) is 12.8. The van der Waals surface area contributed by atoms with E-state index in [9.17, 15) is 9.90 Å². The predicted molar refractivity (Wildman–Crippen MR) is 82.1 cm³/mol. The molecule has 0 heterocycles. The molecule has 110 valence electrons. The van der Waals surface area contributed by atoms with Gasteiger partial charge in [-0.2, -0.15) is 0 Å². The van der Waals surface area contributed by atoms with Crippen molar-refractivity contribution in [2.24, 2.45) is 5.41 Å². The smallest absolute Gasteiger partial charge is 0.232 e. The minimum absolute atomic E-state index is 0.202. The van der Waals surface area contributed by atoms with Crippen molar-refractivity contribution < 1.29 is 9.90 Å². The summed E-state index contributed by atoms with van der Waals surface area (Å²) < 4.78 is 0. The minimum Gasteiger partial charge on any atom is -0.508 e. The lowest BCUT2D eigenvalue weighted by Gasteiger charge is -2.37. The SMILES string of the molecule is CCN(C(=O)C1(C)CCCCC1)c1cc(O)ccc1C. The van der Waals surface area contributed by atoms with Crippen molar-refractivity contribution in [2.45, 2.75) is 52.9 Å². The summed E-state index contributed by atoms with van der Waals surface area (Å²) in [5, 5.41) is 9.70. The molecule has 0 radical (unpaired) electrons. The summed E-state index contributed by atoms with van der Waals surface area (Å²) in [5.41, 5.74) is 1.62. The standard InChI is InChI=1S/C17H25NO2/c1-4-18(15-12-14(19)9-8-13(15)2)16(20)17(3)10-6-5-7-11-17/h8-9,12,19H,4-7,10-11H2,1-3H3. The zero-order valence-electron chi connectivity index (χ0n) is 12.8. The molecule has 3 heteroatoms. The van der Waals surface area contributed by atoms with Gasteiger partial charge in [0.2, 0.25) is 5.91 Å². The molecule has 0 unspecified atom stereocenters. The largest absolute Gasteiger partial charge is 0.508 e. The van der Waals surface area contributed by atoms with Gasteiger partial charge in [0.05, 0.1) is 5.69 Å². The fraction of sp³-hybridized carbons (Fsp3) is 0.588. The first-order valence-corrected chi connectivity index (χ1v) is 7.59. The van der Waals surface area contributed by atoms with Crippen LogP contribution in [0.5, 0.6) is 5.75 Å². The first kappa shape index (κ1) is 14.9. The number of nitrogens with zero attached hydrogens (tertiary/aromatic N) is 1. The maximum atomic E-state index is 13.0. The fourth-order valence-corrected chi connectivity index (χ4v) is 3.18. The Hall–Kier alpha value is -1.51. The Morgan fingerprint density at radius 2 is 1.95 bits per heavy atom. The Morgan fingerprint density at radius 3 is 2.55 bits per heavy atom. The third-order valence-electron chi connectivity index (χ3n) is 4.52. The number of rotatable bonds is 3. The van der Waals surface area contributed by atoms with Crippen LogP contribution in [-0.4, -0.2) is 17.6 Å². The predicted octanol–water partition coefficient (Wildman–Crippen LogP) is 4.02. The molecule has 1 aromatic carbocycles. The molecule has 0 spiro atoms. The first-order chi connectivity index (χ1) is 9.48. The minimum atomic E-state index is -0.244. The van der Waals surface area contributed by atoms with Gasteiger partial charge >= 0.3 is 0 Å². The maximum absolute atomic E-state index is 13.0. The average molecular weight is 275 g/mol. The zero-order chi connectivity index (χ0) is 14.8. The number of amides is 1. The van der Waals surface area contributed by atoms with Crippen molar-refractivity contribution in [2.75, 3.05) is 11.4 Å². The quantitative estimate of drug-likeness (QED) is 0.905. The van der Waals surface area contributed by atoms with E-state index >= 15 is 0 Å². The lowest BCUT2D eigenvalue weighted by atomic mass is 9.74. The molecule has 0 bridgehead atoms. The van der Waals surface area contributed by atoms with E-state index in [2.05, 4.69) is 6.92 Å². The van der Waals surface area contributed by atoms with Gasteiger partial charge in [-0.25, -0.2) is 0 Å².